The van der Waals surface area contributed by atoms with Crippen LogP contribution in [0, 0.1) is 0 Å². The van der Waals surface area contributed by atoms with Crippen molar-refractivity contribution in [3.05, 3.63) is 78.4 Å². The minimum Gasteiger partial charge on any atom is -0.368 e. The van der Waals surface area contributed by atoms with E-state index in [1.807, 2.05) is 54.6 Å². The van der Waals surface area contributed by atoms with Crippen molar-refractivity contribution in [2.45, 2.75) is 18.9 Å². The van der Waals surface area contributed by atoms with Gasteiger partial charge in [-0.1, -0.05) is 48.5 Å². The smallest absolute Gasteiger partial charge is 0.240 e. The summed E-state index contributed by atoms with van der Waals surface area (Å²) in [5.74, 6) is 0.195. The molecule has 148 valence electrons. The Kier molecular flexibility index (Phi) is 4.48. The quantitative estimate of drug-likeness (QED) is 0.457. The number of para-hydroxylation sites is 1. The molecule has 7 heteroatoms. The summed E-state index contributed by atoms with van der Waals surface area (Å²) in [7, 11) is 0. The lowest BCUT2D eigenvalue weighted by Crippen LogP contribution is -2.27. The molecule has 3 aromatic carbocycles. The number of nitrogens with one attached hydrogen (secondary N) is 1. The van der Waals surface area contributed by atoms with Crippen LogP contribution < -0.4 is 5.73 Å². The average Bonchev–Trinajstić information content (AvgIpc) is 3.42. The number of nitrogens with zero attached hydrogens (tertiary/aromatic N) is 4. The van der Waals surface area contributed by atoms with Crippen molar-refractivity contribution in [3.63, 3.8) is 0 Å². The second-order valence-corrected chi connectivity index (χ2v) is 7.30. The van der Waals surface area contributed by atoms with E-state index in [1.54, 1.807) is 0 Å². The van der Waals surface area contributed by atoms with E-state index in [0.717, 1.165) is 33.8 Å². The van der Waals surface area contributed by atoms with Gasteiger partial charge in [0.1, 0.15) is 6.04 Å². The zero-order chi connectivity index (χ0) is 20.5. The largest absolute Gasteiger partial charge is 0.368 e. The molecule has 0 aliphatic heterocycles. The van der Waals surface area contributed by atoms with E-state index in [2.05, 4.69) is 43.4 Å². The van der Waals surface area contributed by atoms with Crippen molar-refractivity contribution in [2.24, 2.45) is 5.73 Å². The van der Waals surface area contributed by atoms with Gasteiger partial charge in [-0.05, 0) is 47.9 Å². The molecule has 1 amide bonds. The van der Waals surface area contributed by atoms with Crippen molar-refractivity contribution in [3.8, 4) is 11.4 Å². The first-order valence-electron chi connectivity index (χ1n) is 9.82. The summed E-state index contributed by atoms with van der Waals surface area (Å²) in [6, 6.07) is 23.7. The number of hydrogen-bond acceptors (Lipinski definition) is 4. The molecular formula is C23H20N6O. The number of carbonyl (C=O) groups is 1. The van der Waals surface area contributed by atoms with E-state index in [1.165, 1.54) is 5.56 Å². The van der Waals surface area contributed by atoms with Crippen LogP contribution in [0.2, 0.25) is 0 Å². The summed E-state index contributed by atoms with van der Waals surface area (Å²) in [5.41, 5.74) is 9.87. The molecule has 5 aromatic rings. The number of amides is 1. The molecule has 7 nitrogen and oxygen atoms in total. The molecule has 0 radical (unpaired) electrons. The van der Waals surface area contributed by atoms with Gasteiger partial charge < -0.3 is 10.3 Å². The standard InChI is InChI=1S/C23H20N6O/c24-22(30)21(12-10-15-6-2-1-3-7-15)29-19-9-5-4-8-17(19)18-14-16(11-13-20(18)29)23-25-27-28-26-23/h1-9,11,13-14,21H,10,12H2,(H2,24,30)(H,25,26,27,28). The van der Waals surface area contributed by atoms with E-state index >= 15 is 0 Å². The van der Waals surface area contributed by atoms with Crippen LogP contribution in [-0.4, -0.2) is 31.1 Å². The molecule has 2 aromatic heterocycles. The normalized spacial score (nSPS) is 12.4. The second kappa shape index (κ2) is 7.44. The second-order valence-electron chi connectivity index (χ2n) is 7.30. The molecule has 3 N–H and O–H groups in total. The summed E-state index contributed by atoms with van der Waals surface area (Å²) in [4.78, 5) is 12.5. The van der Waals surface area contributed by atoms with Crippen LogP contribution in [0.25, 0.3) is 33.2 Å². The maximum Gasteiger partial charge on any atom is 0.240 e. The number of rotatable bonds is 6. The number of benzene rings is 3. The summed E-state index contributed by atoms with van der Waals surface area (Å²) < 4.78 is 2.07. The molecular weight excluding hydrogens is 376 g/mol. The topological polar surface area (TPSA) is 102 Å². The monoisotopic (exact) mass is 396 g/mol. The maximum atomic E-state index is 12.5. The molecule has 30 heavy (non-hydrogen) atoms. The van der Waals surface area contributed by atoms with Gasteiger partial charge in [-0.25, -0.2) is 0 Å². The summed E-state index contributed by atoms with van der Waals surface area (Å²) in [6.07, 6.45) is 1.39. The fourth-order valence-electron chi connectivity index (χ4n) is 4.11. The Bertz CT molecular complexity index is 1320. The first-order chi connectivity index (χ1) is 14.7. The van der Waals surface area contributed by atoms with E-state index in [9.17, 15) is 4.79 Å². The van der Waals surface area contributed by atoms with Crippen molar-refractivity contribution in [2.75, 3.05) is 0 Å². The number of primary amides is 1. The molecule has 0 saturated heterocycles. The fraction of sp³-hybridized carbons (Fsp3) is 0.130. The van der Waals surface area contributed by atoms with E-state index in [4.69, 9.17) is 5.73 Å². The molecule has 1 atom stereocenters. The molecule has 2 heterocycles. The molecule has 0 aliphatic rings. The van der Waals surface area contributed by atoms with Gasteiger partial charge in [-0.2, -0.15) is 5.21 Å². The van der Waals surface area contributed by atoms with Crippen LogP contribution in [0.15, 0.2) is 72.8 Å². The maximum absolute atomic E-state index is 12.5. The number of aromatic nitrogens is 5. The number of aryl methyl sites for hydroxylation is 1. The zero-order valence-electron chi connectivity index (χ0n) is 16.2. The number of H-pyrrole nitrogens is 1. The number of fused-ring (bicyclic) bond motifs is 3. The summed E-state index contributed by atoms with van der Waals surface area (Å²) >= 11 is 0. The van der Waals surface area contributed by atoms with Gasteiger partial charge in [0.15, 0.2) is 0 Å². The average molecular weight is 396 g/mol. The first kappa shape index (κ1) is 18.1. The molecule has 0 fully saturated rings. The van der Waals surface area contributed by atoms with Gasteiger partial charge in [0, 0.05) is 27.4 Å². The lowest BCUT2D eigenvalue weighted by Gasteiger charge is -2.18. The summed E-state index contributed by atoms with van der Waals surface area (Å²) in [6.45, 7) is 0. The van der Waals surface area contributed by atoms with E-state index in [-0.39, 0.29) is 5.91 Å². The number of nitrogens with two attached hydrogens (primary N) is 1. The van der Waals surface area contributed by atoms with Crippen molar-refractivity contribution in [1.29, 1.82) is 0 Å². The first-order valence-corrected chi connectivity index (χ1v) is 9.82. The highest BCUT2D eigenvalue weighted by Crippen LogP contribution is 2.35. The fourth-order valence-corrected chi connectivity index (χ4v) is 4.11. The van der Waals surface area contributed by atoms with Gasteiger partial charge in [0.05, 0.1) is 0 Å². The van der Waals surface area contributed by atoms with Crippen molar-refractivity contribution < 1.29 is 4.79 Å². The van der Waals surface area contributed by atoms with Crippen LogP contribution in [0.5, 0.6) is 0 Å². The van der Waals surface area contributed by atoms with Gasteiger partial charge in [0.25, 0.3) is 0 Å². The molecule has 0 spiro atoms. The lowest BCUT2D eigenvalue weighted by molar-refractivity contribution is -0.121. The minimum absolute atomic E-state index is 0.337. The highest BCUT2D eigenvalue weighted by molar-refractivity contribution is 6.10. The van der Waals surface area contributed by atoms with Gasteiger partial charge in [-0.15, -0.1) is 10.2 Å². The molecule has 0 aliphatic carbocycles. The third kappa shape index (κ3) is 3.10. The third-order valence-electron chi connectivity index (χ3n) is 5.50. The van der Waals surface area contributed by atoms with Gasteiger partial charge in [0.2, 0.25) is 11.7 Å². The SMILES string of the molecule is NC(=O)C(CCc1ccccc1)n1c2ccccc2c2cc(-c3nn[nH]n3)ccc21. The van der Waals surface area contributed by atoms with Gasteiger partial charge >= 0.3 is 0 Å². The summed E-state index contributed by atoms with van der Waals surface area (Å²) in [5, 5.41) is 16.4. The van der Waals surface area contributed by atoms with E-state index < -0.39 is 6.04 Å². The Morgan fingerprint density at radius 1 is 0.967 bits per heavy atom. The molecule has 1 unspecified atom stereocenters. The van der Waals surface area contributed by atoms with Gasteiger partial charge in [-0.3, -0.25) is 4.79 Å². The molecule has 5 rings (SSSR count). The minimum atomic E-state index is -0.455. The predicted molar refractivity (Wildman–Crippen MR) is 116 cm³/mol. The van der Waals surface area contributed by atoms with Crippen LogP contribution >= 0.6 is 0 Å². The Hall–Kier alpha value is -4.00. The number of hydrogen-bond donors (Lipinski definition) is 2. The number of tetrazole rings is 1. The third-order valence-corrected chi connectivity index (χ3v) is 5.50. The van der Waals surface area contributed by atoms with E-state index in [0.29, 0.717) is 12.2 Å². The molecule has 0 saturated carbocycles. The van der Waals surface area contributed by atoms with Crippen molar-refractivity contribution >= 4 is 27.7 Å². The number of aromatic amines is 1. The lowest BCUT2D eigenvalue weighted by atomic mass is 10.0. The van der Waals surface area contributed by atoms with Crippen LogP contribution in [0.3, 0.4) is 0 Å². The highest BCUT2D eigenvalue weighted by Gasteiger charge is 2.23. The highest BCUT2D eigenvalue weighted by atomic mass is 16.1. The van der Waals surface area contributed by atoms with Crippen LogP contribution in [0.1, 0.15) is 18.0 Å². The van der Waals surface area contributed by atoms with Crippen LogP contribution in [0.4, 0.5) is 0 Å². The Balaban J connectivity index is 1.65. The molecule has 0 bridgehead atoms. The Morgan fingerprint density at radius 2 is 1.73 bits per heavy atom. The number of carbonyl (C=O) groups excluding carboxylic acids is 1. The Labute approximate surface area is 172 Å². The van der Waals surface area contributed by atoms with Crippen molar-refractivity contribution in [1.82, 2.24) is 25.2 Å². The zero-order valence-corrected chi connectivity index (χ0v) is 16.2. The predicted octanol–water partition coefficient (Wildman–Crippen LogP) is 3.63. The van der Waals surface area contributed by atoms with Crippen LogP contribution in [-0.2, 0) is 11.2 Å². The Morgan fingerprint density at radius 3 is 2.50 bits per heavy atom.